The van der Waals surface area contributed by atoms with E-state index in [4.69, 9.17) is 18.9 Å². The van der Waals surface area contributed by atoms with Crippen molar-refractivity contribution in [3.05, 3.63) is 130 Å². The molecule has 0 bridgehead atoms. The Kier molecular flexibility index (Phi) is 9.54. The van der Waals surface area contributed by atoms with Crippen molar-refractivity contribution in [1.82, 2.24) is 14.4 Å². The van der Waals surface area contributed by atoms with Crippen LogP contribution in [0.3, 0.4) is 0 Å². The average molecular weight is 651 g/mol. The van der Waals surface area contributed by atoms with Crippen LogP contribution in [0.15, 0.2) is 102 Å². The topological polar surface area (TPSA) is 134 Å². The summed E-state index contributed by atoms with van der Waals surface area (Å²) in [5.41, 5.74) is 1.76. The molecule has 0 unspecified atom stereocenters. The lowest BCUT2D eigenvalue weighted by Gasteiger charge is -2.37. The number of rotatable bonds is 11. The number of amides is 1. The SMILES string of the molecule is COc1ccc(C(OC[C@H]2O[C@@H](c3cccn4c(=O)nc(NC(=O)C(C)C)nc34)C[C@@H]2O)(c2ccccc2)c2ccc(OC)cc2)cc1. The van der Waals surface area contributed by atoms with Crippen LogP contribution in [0.5, 0.6) is 11.5 Å². The molecule has 6 rings (SSSR count). The van der Waals surface area contributed by atoms with Gasteiger partial charge in [-0.25, -0.2) is 4.79 Å². The Morgan fingerprint density at radius 2 is 1.52 bits per heavy atom. The number of fused-ring (bicyclic) bond motifs is 1. The normalized spacial score (nSPS) is 17.8. The Morgan fingerprint density at radius 3 is 2.10 bits per heavy atom. The number of benzene rings is 3. The molecule has 1 aliphatic heterocycles. The largest absolute Gasteiger partial charge is 0.497 e. The lowest BCUT2D eigenvalue weighted by atomic mass is 9.80. The molecule has 0 saturated carbocycles. The molecule has 1 aliphatic rings. The minimum atomic E-state index is -1.09. The molecule has 2 N–H and O–H groups in total. The predicted octanol–water partition coefficient (Wildman–Crippen LogP) is 4.90. The summed E-state index contributed by atoms with van der Waals surface area (Å²) >= 11 is 0. The second-order valence-corrected chi connectivity index (χ2v) is 11.9. The third kappa shape index (κ3) is 6.40. The van der Waals surface area contributed by atoms with E-state index in [0.29, 0.717) is 17.1 Å². The first-order valence-corrected chi connectivity index (χ1v) is 15.8. The van der Waals surface area contributed by atoms with Crippen LogP contribution < -0.4 is 20.5 Å². The fraction of sp³-hybridized carbons (Fsp3) is 0.297. The van der Waals surface area contributed by atoms with Gasteiger partial charge in [-0.2, -0.15) is 9.97 Å². The van der Waals surface area contributed by atoms with E-state index in [0.717, 1.165) is 16.7 Å². The third-order valence-electron chi connectivity index (χ3n) is 8.58. The highest BCUT2D eigenvalue weighted by Crippen LogP contribution is 2.43. The van der Waals surface area contributed by atoms with E-state index in [1.54, 1.807) is 46.4 Å². The van der Waals surface area contributed by atoms with Crippen LogP contribution in [0.1, 0.15) is 48.6 Å². The zero-order valence-electron chi connectivity index (χ0n) is 27.2. The van der Waals surface area contributed by atoms with Crippen LogP contribution in [-0.2, 0) is 19.9 Å². The number of aliphatic hydroxyl groups is 1. The quantitative estimate of drug-likeness (QED) is 0.192. The number of nitrogens with zero attached hydrogens (tertiary/aromatic N) is 3. The second-order valence-electron chi connectivity index (χ2n) is 11.9. The molecule has 3 heterocycles. The first-order valence-electron chi connectivity index (χ1n) is 15.8. The van der Waals surface area contributed by atoms with Crippen molar-refractivity contribution in [1.29, 1.82) is 0 Å². The van der Waals surface area contributed by atoms with Crippen LogP contribution in [0.4, 0.5) is 5.95 Å². The van der Waals surface area contributed by atoms with E-state index in [-0.39, 0.29) is 36.4 Å². The summed E-state index contributed by atoms with van der Waals surface area (Å²) in [4.78, 5) is 33.6. The van der Waals surface area contributed by atoms with E-state index in [9.17, 15) is 14.7 Å². The van der Waals surface area contributed by atoms with E-state index in [1.807, 2.05) is 78.9 Å². The van der Waals surface area contributed by atoms with Crippen LogP contribution in [0, 0.1) is 5.92 Å². The van der Waals surface area contributed by atoms with Gasteiger partial charge in [0.25, 0.3) is 0 Å². The summed E-state index contributed by atoms with van der Waals surface area (Å²) in [6.45, 7) is 3.50. The van der Waals surface area contributed by atoms with Crippen LogP contribution in [0.2, 0.25) is 0 Å². The molecule has 3 aromatic carbocycles. The van der Waals surface area contributed by atoms with Crippen molar-refractivity contribution < 1.29 is 28.8 Å². The number of carbonyl (C=O) groups excluding carboxylic acids is 1. The predicted molar refractivity (Wildman–Crippen MR) is 179 cm³/mol. The number of aliphatic hydroxyl groups excluding tert-OH is 1. The van der Waals surface area contributed by atoms with Gasteiger partial charge >= 0.3 is 5.69 Å². The van der Waals surface area contributed by atoms with Gasteiger partial charge in [0.1, 0.15) is 23.2 Å². The number of ether oxygens (including phenoxy) is 4. The summed E-state index contributed by atoms with van der Waals surface area (Å²) in [6, 6.07) is 28.8. The number of nitrogens with one attached hydrogen (secondary N) is 1. The molecule has 0 spiro atoms. The Balaban J connectivity index is 1.35. The van der Waals surface area contributed by atoms with E-state index >= 15 is 0 Å². The summed E-state index contributed by atoms with van der Waals surface area (Å²) < 4.78 is 25.6. The molecule has 1 fully saturated rings. The maximum absolute atomic E-state index is 12.9. The molecule has 5 aromatic rings. The number of aromatic nitrogens is 3. The number of anilines is 1. The van der Waals surface area contributed by atoms with Crippen LogP contribution >= 0.6 is 0 Å². The maximum Gasteiger partial charge on any atom is 0.356 e. The van der Waals surface area contributed by atoms with Crippen molar-refractivity contribution in [2.24, 2.45) is 5.92 Å². The number of carbonyl (C=O) groups is 1. The molecule has 1 saturated heterocycles. The highest BCUT2D eigenvalue weighted by atomic mass is 16.6. The first-order chi connectivity index (χ1) is 23.2. The van der Waals surface area contributed by atoms with Crippen LogP contribution in [0.25, 0.3) is 5.65 Å². The van der Waals surface area contributed by atoms with Crippen molar-refractivity contribution in [2.45, 2.75) is 44.2 Å². The van der Waals surface area contributed by atoms with Gasteiger partial charge in [0.15, 0.2) is 5.65 Å². The lowest BCUT2D eigenvalue weighted by Crippen LogP contribution is -2.38. The van der Waals surface area contributed by atoms with E-state index in [1.165, 1.54) is 4.40 Å². The molecule has 2 aromatic heterocycles. The Hall–Kier alpha value is -5.10. The Bertz CT molecular complexity index is 1880. The monoisotopic (exact) mass is 650 g/mol. The Labute approximate surface area is 278 Å². The van der Waals surface area contributed by atoms with Crippen LogP contribution in [-0.4, -0.2) is 58.4 Å². The number of pyridine rings is 1. The van der Waals surface area contributed by atoms with Gasteiger partial charge in [-0.05, 0) is 47.0 Å². The van der Waals surface area contributed by atoms with Crippen molar-refractivity contribution in [2.75, 3.05) is 26.1 Å². The number of hydrogen-bond acceptors (Lipinski definition) is 9. The zero-order chi connectivity index (χ0) is 33.8. The molecule has 0 aliphatic carbocycles. The van der Waals surface area contributed by atoms with Crippen molar-refractivity contribution >= 4 is 17.5 Å². The minimum absolute atomic E-state index is 0.0278. The van der Waals surface area contributed by atoms with Gasteiger partial charge in [-0.1, -0.05) is 74.5 Å². The molecular weight excluding hydrogens is 612 g/mol. The summed E-state index contributed by atoms with van der Waals surface area (Å²) in [6.07, 6.45) is -0.421. The maximum atomic E-state index is 12.9. The average Bonchev–Trinajstić information content (AvgIpc) is 3.49. The first kappa shape index (κ1) is 32.8. The number of hydrogen-bond donors (Lipinski definition) is 2. The molecule has 11 nitrogen and oxygen atoms in total. The summed E-state index contributed by atoms with van der Waals surface area (Å²) in [5, 5.41) is 13.9. The molecule has 11 heteroatoms. The van der Waals surface area contributed by atoms with Crippen molar-refractivity contribution in [3.8, 4) is 11.5 Å². The van der Waals surface area contributed by atoms with E-state index in [2.05, 4.69) is 15.3 Å². The molecule has 248 valence electrons. The third-order valence-corrected chi connectivity index (χ3v) is 8.58. The van der Waals surface area contributed by atoms with Gasteiger partial charge in [0.2, 0.25) is 11.9 Å². The minimum Gasteiger partial charge on any atom is -0.497 e. The zero-order valence-corrected chi connectivity index (χ0v) is 27.2. The highest BCUT2D eigenvalue weighted by molar-refractivity contribution is 5.90. The molecule has 48 heavy (non-hydrogen) atoms. The van der Waals surface area contributed by atoms with E-state index < -0.39 is 29.6 Å². The fourth-order valence-corrected chi connectivity index (χ4v) is 5.98. The summed E-state index contributed by atoms with van der Waals surface area (Å²) in [5.74, 6) is 0.693. The van der Waals surface area contributed by atoms with Gasteiger partial charge in [0, 0.05) is 24.1 Å². The molecule has 1 amide bonds. The number of methoxy groups -OCH3 is 2. The summed E-state index contributed by atoms with van der Waals surface area (Å²) in [7, 11) is 3.24. The lowest BCUT2D eigenvalue weighted by molar-refractivity contribution is -0.118. The molecule has 0 radical (unpaired) electrons. The van der Waals surface area contributed by atoms with Gasteiger partial charge < -0.3 is 24.1 Å². The van der Waals surface area contributed by atoms with Gasteiger partial charge in [0.05, 0.1) is 33.0 Å². The smallest absolute Gasteiger partial charge is 0.356 e. The second kappa shape index (κ2) is 13.9. The Morgan fingerprint density at radius 1 is 0.917 bits per heavy atom. The standard InChI is InChI=1S/C37H38N4O7/c1-23(2)34(43)39-35-38-33-29(11-8-20-41(33)36(44)40-35)31-21-30(42)32(48-31)22-47-37(24-9-6-5-7-10-24,25-12-16-27(45-3)17-13-25)26-14-18-28(46-4)19-15-26/h5-20,23,30-32,42H,21-22H2,1-4H3,(H,39,40,43,44)/t30-,31+,32+/m0/s1. The van der Waals surface area contributed by atoms with Crippen molar-refractivity contribution in [3.63, 3.8) is 0 Å². The van der Waals surface area contributed by atoms with Gasteiger partial charge in [-0.15, -0.1) is 0 Å². The molecular formula is C37H38N4O7. The highest BCUT2D eigenvalue weighted by Gasteiger charge is 2.42. The fourth-order valence-electron chi connectivity index (χ4n) is 5.98. The molecule has 3 atom stereocenters. The van der Waals surface area contributed by atoms with Gasteiger partial charge in [-0.3, -0.25) is 14.5 Å².